The van der Waals surface area contributed by atoms with Crippen LogP contribution in [0, 0.1) is 10.1 Å². The van der Waals surface area contributed by atoms with Crippen molar-refractivity contribution in [1.29, 1.82) is 0 Å². The first kappa shape index (κ1) is 11.6. The van der Waals surface area contributed by atoms with E-state index in [0.29, 0.717) is 0 Å². The maximum Gasteiger partial charge on any atom is 0.285 e. The second kappa shape index (κ2) is 4.35. The van der Waals surface area contributed by atoms with Crippen molar-refractivity contribution in [3.8, 4) is 0 Å². The monoisotopic (exact) mass is 238 g/mol. The number of rotatable bonds is 3. The number of aromatic nitrogens is 1. The Labute approximate surface area is 86.8 Å². The molecule has 1 N–H and O–H groups in total. The maximum atomic E-state index is 12.3. The molecule has 0 bridgehead atoms. The molecular formula is C7H5ClF2N2O3. The molecule has 0 radical (unpaired) electrons. The van der Waals surface area contributed by atoms with E-state index in [9.17, 15) is 23.7 Å². The normalized spacial score (nSPS) is 10.7. The SMILES string of the molecule is O=c1[nH]c(CCl)cc([N+](=O)[O-])c1C(F)F. The average molecular weight is 239 g/mol. The van der Waals surface area contributed by atoms with E-state index in [4.69, 9.17) is 11.6 Å². The van der Waals surface area contributed by atoms with E-state index in [1.165, 1.54) is 0 Å². The molecule has 5 nitrogen and oxygen atoms in total. The molecule has 0 spiro atoms. The van der Waals surface area contributed by atoms with Crippen molar-refractivity contribution >= 4 is 17.3 Å². The van der Waals surface area contributed by atoms with Crippen LogP contribution in [0.5, 0.6) is 0 Å². The Bertz CT molecular complexity index is 446. The summed E-state index contributed by atoms with van der Waals surface area (Å²) >= 11 is 5.33. The lowest BCUT2D eigenvalue weighted by Gasteiger charge is -2.02. The van der Waals surface area contributed by atoms with E-state index in [1.54, 1.807) is 0 Å². The van der Waals surface area contributed by atoms with E-state index in [2.05, 4.69) is 0 Å². The molecule has 0 aliphatic carbocycles. The van der Waals surface area contributed by atoms with Crippen LogP contribution in [0.2, 0.25) is 0 Å². The lowest BCUT2D eigenvalue weighted by Crippen LogP contribution is -2.17. The number of nitrogens with one attached hydrogen (secondary N) is 1. The highest BCUT2D eigenvalue weighted by molar-refractivity contribution is 6.16. The van der Waals surface area contributed by atoms with Crippen molar-refractivity contribution in [2.45, 2.75) is 12.3 Å². The number of aromatic amines is 1. The van der Waals surface area contributed by atoms with Crippen molar-refractivity contribution in [3.05, 3.63) is 37.8 Å². The van der Waals surface area contributed by atoms with Gasteiger partial charge in [0.2, 0.25) is 0 Å². The zero-order chi connectivity index (χ0) is 11.6. The van der Waals surface area contributed by atoms with Crippen molar-refractivity contribution in [1.82, 2.24) is 4.98 Å². The Balaban J connectivity index is 3.50. The van der Waals surface area contributed by atoms with E-state index < -0.39 is 28.2 Å². The minimum Gasteiger partial charge on any atom is -0.324 e. The summed E-state index contributed by atoms with van der Waals surface area (Å²) in [5, 5.41) is 10.4. The second-order valence-corrected chi connectivity index (χ2v) is 2.88. The Morgan fingerprint density at radius 3 is 2.60 bits per heavy atom. The van der Waals surface area contributed by atoms with E-state index >= 15 is 0 Å². The fraction of sp³-hybridized carbons (Fsp3) is 0.286. The van der Waals surface area contributed by atoms with Gasteiger partial charge >= 0.3 is 0 Å². The predicted molar refractivity (Wildman–Crippen MR) is 48.2 cm³/mol. The minimum atomic E-state index is -3.20. The largest absolute Gasteiger partial charge is 0.324 e. The molecule has 0 atom stereocenters. The molecule has 1 rings (SSSR count). The Hall–Kier alpha value is -1.50. The molecule has 0 fully saturated rings. The van der Waals surface area contributed by atoms with Gasteiger partial charge < -0.3 is 4.98 Å². The zero-order valence-corrected chi connectivity index (χ0v) is 7.92. The molecule has 15 heavy (non-hydrogen) atoms. The molecule has 0 unspecified atom stereocenters. The molecule has 0 saturated heterocycles. The van der Waals surface area contributed by atoms with Crippen LogP contribution in [0.4, 0.5) is 14.5 Å². The van der Waals surface area contributed by atoms with Gasteiger partial charge in [-0.05, 0) is 0 Å². The Morgan fingerprint density at radius 1 is 1.60 bits per heavy atom. The van der Waals surface area contributed by atoms with Crippen LogP contribution in [0.1, 0.15) is 17.7 Å². The topological polar surface area (TPSA) is 76.0 Å². The number of halogens is 3. The lowest BCUT2D eigenvalue weighted by molar-refractivity contribution is -0.386. The molecule has 1 heterocycles. The van der Waals surface area contributed by atoms with Gasteiger partial charge in [-0.3, -0.25) is 14.9 Å². The number of alkyl halides is 3. The number of H-pyrrole nitrogens is 1. The number of hydrogen-bond acceptors (Lipinski definition) is 3. The Kier molecular flexibility index (Phi) is 3.35. The number of nitro groups is 1. The van der Waals surface area contributed by atoms with Gasteiger partial charge in [0.15, 0.2) is 5.56 Å². The second-order valence-electron chi connectivity index (χ2n) is 2.61. The van der Waals surface area contributed by atoms with Crippen LogP contribution < -0.4 is 5.56 Å². The molecule has 8 heteroatoms. The zero-order valence-electron chi connectivity index (χ0n) is 7.17. The summed E-state index contributed by atoms with van der Waals surface area (Å²) in [4.78, 5) is 22.5. The minimum absolute atomic E-state index is 0.0257. The van der Waals surface area contributed by atoms with Crippen LogP contribution in [0.25, 0.3) is 0 Å². The third-order valence-electron chi connectivity index (χ3n) is 1.66. The quantitative estimate of drug-likeness (QED) is 0.497. The highest BCUT2D eigenvalue weighted by atomic mass is 35.5. The summed E-state index contributed by atoms with van der Waals surface area (Å²) in [7, 11) is 0. The standard InChI is InChI=1S/C7H5ClF2N2O3/c8-2-3-1-4(12(14)15)5(6(9)10)7(13)11-3/h1,6H,2H2,(H,11,13). The van der Waals surface area contributed by atoms with Gasteiger partial charge in [-0.2, -0.15) is 0 Å². The van der Waals surface area contributed by atoms with Crippen molar-refractivity contribution in [2.75, 3.05) is 0 Å². The van der Waals surface area contributed by atoms with Gasteiger partial charge in [0.25, 0.3) is 17.7 Å². The summed E-state index contributed by atoms with van der Waals surface area (Å²) in [6, 6.07) is 0.829. The van der Waals surface area contributed by atoms with Crippen LogP contribution in [0.3, 0.4) is 0 Å². The molecule has 0 aliphatic heterocycles. The highest BCUT2D eigenvalue weighted by Crippen LogP contribution is 2.25. The summed E-state index contributed by atoms with van der Waals surface area (Å²) < 4.78 is 24.7. The maximum absolute atomic E-state index is 12.3. The smallest absolute Gasteiger partial charge is 0.285 e. The number of hydrogen-bond donors (Lipinski definition) is 1. The fourth-order valence-corrected chi connectivity index (χ4v) is 1.19. The molecule has 0 aliphatic rings. The first-order valence-corrected chi connectivity index (χ1v) is 4.25. The van der Waals surface area contributed by atoms with E-state index in [1.807, 2.05) is 4.98 Å². The molecular weight excluding hydrogens is 234 g/mol. The summed E-state index contributed by atoms with van der Waals surface area (Å²) in [5.74, 6) is -0.195. The summed E-state index contributed by atoms with van der Waals surface area (Å²) in [5.41, 5.74) is -3.22. The fourth-order valence-electron chi connectivity index (χ4n) is 1.04. The van der Waals surface area contributed by atoms with Crippen molar-refractivity contribution in [3.63, 3.8) is 0 Å². The predicted octanol–water partition coefficient (Wildman–Crippen LogP) is 1.96. The van der Waals surface area contributed by atoms with Gasteiger partial charge in [-0.25, -0.2) is 8.78 Å². The van der Waals surface area contributed by atoms with Crippen LogP contribution in [-0.4, -0.2) is 9.91 Å². The molecule has 0 saturated carbocycles. The first-order valence-electron chi connectivity index (χ1n) is 3.72. The number of nitrogens with zero attached hydrogens (tertiary/aromatic N) is 1. The van der Waals surface area contributed by atoms with Crippen LogP contribution >= 0.6 is 11.6 Å². The molecule has 0 aromatic carbocycles. The van der Waals surface area contributed by atoms with Gasteiger partial charge in [-0.15, -0.1) is 11.6 Å². The molecule has 82 valence electrons. The highest BCUT2D eigenvalue weighted by Gasteiger charge is 2.26. The van der Waals surface area contributed by atoms with Gasteiger partial charge in [0.05, 0.1) is 10.8 Å². The van der Waals surface area contributed by atoms with Gasteiger partial charge in [0.1, 0.15) is 0 Å². The average Bonchev–Trinajstić information content (AvgIpc) is 2.15. The number of pyridine rings is 1. The van der Waals surface area contributed by atoms with Gasteiger partial charge in [0, 0.05) is 11.8 Å². The molecule has 0 amide bonds. The third-order valence-corrected chi connectivity index (χ3v) is 1.95. The van der Waals surface area contributed by atoms with Crippen LogP contribution in [0.15, 0.2) is 10.9 Å². The third kappa shape index (κ3) is 2.30. The molecule has 1 aromatic rings. The lowest BCUT2D eigenvalue weighted by atomic mass is 10.2. The van der Waals surface area contributed by atoms with Crippen LogP contribution in [-0.2, 0) is 5.88 Å². The van der Waals surface area contributed by atoms with E-state index in [0.717, 1.165) is 6.07 Å². The molecule has 1 aromatic heterocycles. The Morgan fingerprint density at radius 2 is 2.20 bits per heavy atom. The first-order chi connectivity index (χ1) is 6.97. The summed E-state index contributed by atoms with van der Waals surface area (Å²) in [6.07, 6.45) is -3.20. The summed E-state index contributed by atoms with van der Waals surface area (Å²) in [6.45, 7) is 0. The van der Waals surface area contributed by atoms with Crippen molar-refractivity contribution in [2.24, 2.45) is 0 Å². The van der Waals surface area contributed by atoms with Crippen molar-refractivity contribution < 1.29 is 13.7 Å². The van der Waals surface area contributed by atoms with E-state index in [-0.39, 0.29) is 11.6 Å². The van der Waals surface area contributed by atoms with Gasteiger partial charge in [-0.1, -0.05) is 0 Å².